The average Bonchev–Trinajstić information content (AvgIpc) is 3.62. The molecule has 4 fully saturated rings. The largest absolute Gasteiger partial charge is 0.379 e. The Bertz CT molecular complexity index is 1750. The molecule has 4 saturated heterocycles. The summed E-state index contributed by atoms with van der Waals surface area (Å²) in [4.78, 5) is 48.5. The number of carbonyl (C=O) groups excluding carboxylic acids is 2. The van der Waals surface area contributed by atoms with Crippen LogP contribution in [0, 0.1) is 16.0 Å². The number of pyridine rings is 1. The molecule has 1 aromatic heterocycles. The molecule has 3 atom stereocenters. The van der Waals surface area contributed by atoms with Gasteiger partial charge >= 0.3 is 6.03 Å². The molecule has 0 radical (unpaired) electrons. The zero-order valence-corrected chi connectivity index (χ0v) is 24.1. The van der Waals surface area contributed by atoms with Gasteiger partial charge in [-0.1, -0.05) is 30.3 Å². The number of hydrogen-bond donors (Lipinski definition) is 0. The Morgan fingerprint density at radius 2 is 1.79 bits per heavy atom. The number of urea groups is 1. The van der Waals surface area contributed by atoms with Crippen molar-refractivity contribution in [1.82, 2.24) is 24.0 Å². The number of fused-ring (bicyclic) bond motifs is 1. The van der Waals surface area contributed by atoms with Crippen LogP contribution in [0.1, 0.15) is 18.0 Å². The molecular weight excluding hydrogens is 576 g/mol. The maximum absolute atomic E-state index is 14.3. The van der Waals surface area contributed by atoms with Crippen molar-refractivity contribution in [3.05, 3.63) is 76.5 Å². The summed E-state index contributed by atoms with van der Waals surface area (Å²) in [7, 11) is -4.35. The number of hydrogen-bond acceptors (Lipinski definition) is 9. The Morgan fingerprint density at radius 3 is 2.58 bits per heavy atom. The Hall–Kier alpha value is -3.98. The number of amides is 3. The number of benzene rings is 2. The third-order valence-electron chi connectivity index (χ3n) is 9.24. The van der Waals surface area contributed by atoms with Gasteiger partial charge in [-0.15, -0.1) is 0 Å². The lowest BCUT2D eigenvalue weighted by atomic mass is 9.87. The highest BCUT2D eigenvalue weighted by Crippen LogP contribution is 2.55. The topological polar surface area (TPSA) is 146 Å². The Kier molecular flexibility index (Phi) is 6.69. The van der Waals surface area contributed by atoms with Crippen LogP contribution in [0.15, 0.2) is 65.7 Å². The van der Waals surface area contributed by atoms with E-state index in [0.717, 1.165) is 26.8 Å². The molecule has 224 valence electrons. The smallest absolute Gasteiger partial charge is 0.328 e. The minimum atomic E-state index is -4.35. The summed E-state index contributed by atoms with van der Waals surface area (Å²) < 4.78 is 34.2. The second-order valence-corrected chi connectivity index (χ2v) is 13.3. The van der Waals surface area contributed by atoms with Gasteiger partial charge in [0.1, 0.15) is 5.54 Å². The fraction of sp³-hybridized carbons (Fsp3) is 0.414. The number of aromatic nitrogens is 1. The normalized spacial score (nSPS) is 26.3. The molecule has 13 nitrogen and oxygen atoms in total. The number of nitro benzene ring substituents is 1. The van der Waals surface area contributed by atoms with Gasteiger partial charge in [-0.05, 0) is 30.2 Å². The first-order valence-corrected chi connectivity index (χ1v) is 15.7. The number of ether oxygens (including phenoxy) is 1. The van der Waals surface area contributed by atoms with Crippen LogP contribution in [0.2, 0.25) is 0 Å². The summed E-state index contributed by atoms with van der Waals surface area (Å²) in [6, 6.07) is 13.9. The third kappa shape index (κ3) is 4.31. The van der Waals surface area contributed by atoms with E-state index in [4.69, 9.17) is 4.74 Å². The highest BCUT2D eigenvalue weighted by Gasteiger charge is 2.71. The van der Waals surface area contributed by atoms with Crippen LogP contribution in [0.3, 0.4) is 0 Å². The quantitative estimate of drug-likeness (QED) is 0.224. The monoisotopic (exact) mass is 606 g/mol. The van der Waals surface area contributed by atoms with Crippen molar-refractivity contribution in [2.75, 3.05) is 52.5 Å². The molecule has 1 spiro atoms. The molecule has 0 aliphatic carbocycles. The van der Waals surface area contributed by atoms with Crippen molar-refractivity contribution in [1.29, 1.82) is 0 Å². The van der Waals surface area contributed by atoms with E-state index in [2.05, 4.69) is 9.88 Å². The van der Waals surface area contributed by atoms with Crippen molar-refractivity contribution in [3.8, 4) is 0 Å². The summed E-state index contributed by atoms with van der Waals surface area (Å²) in [5, 5.41) is 12.6. The number of nitrogens with zero attached hydrogens (tertiary/aromatic N) is 6. The fourth-order valence-corrected chi connectivity index (χ4v) is 8.80. The van der Waals surface area contributed by atoms with Gasteiger partial charge in [0.2, 0.25) is 10.0 Å². The Morgan fingerprint density at radius 1 is 1.05 bits per heavy atom. The molecule has 5 heterocycles. The van der Waals surface area contributed by atoms with E-state index >= 15 is 0 Å². The molecule has 3 amide bonds. The first-order chi connectivity index (χ1) is 20.7. The van der Waals surface area contributed by atoms with Gasteiger partial charge in [0.15, 0.2) is 4.90 Å². The number of nitro groups is 1. The van der Waals surface area contributed by atoms with Crippen molar-refractivity contribution in [3.63, 3.8) is 0 Å². The number of sulfonamides is 1. The second-order valence-electron chi connectivity index (χ2n) is 11.4. The van der Waals surface area contributed by atoms with Gasteiger partial charge in [0, 0.05) is 62.8 Å². The zero-order chi connectivity index (χ0) is 29.9. The van der Waals surface area contributed by atoms with Crippen molar-refractivity contribution in [2.45, 2.75) is 22.9 Å². The fourth-order valence-electron chi connectivity index (χ4n) is 7.12. The van der Waals surface area contributed by atoms with Crippen LogP contribution in [-0.2, 0) is 19.6 Å². The summed E-state index contributed by atoms with van der Waals surface area (Å²) in [5.41, 5.74) is -0.377. The van der Waals surface area contributed by atoms with Crippen molar-refractivity contribution < 1.29 is 27.7 Å². The van der Waals surface area contributed by atoms with Gasteiger partial charge in [-0.3, -0.25) is 29.7 Å². The van der Waals surface area contributed by atoms with E-state index in [-0.39, 0.29) is 19.6 Å². The number of morpholine rings is 1. The van der Waals surface area contributed by atoms with Crippen LogP contribution in [0.25, 0.3) is 10.9 Å². The number of para-hydroxylation sites is 2. The van der Waals surface area contributed by atoms with Crippen molar-refractivity contribution in [2.24, 2.45) is 5.92 Å². The van der Waals surface area contributed by atoms with Gasteiger partial charge in [0.25, 0.3) is 11.6 Å². The van der Waals surface area contributed by atoms with Gasteiger partial charge in [-0.2, -0.15) is 4.31 Å². The van der Waals surface area contributed by atoms with E-state index < -0.39 is 55.0 Å². The Labute approximate surface area is 247 Å². The first-order valence-electron chi connectivity index (χ1n) is 14.3. The predicted molar refractivity (Wildman–Crippen MR) is 153 cm³/mol. The van der Waals surface area contributed by atoms with Gasteiger partial charge in [0.05, 0.1) is 29.7 Å². The molecule has 14 heteroatoms. The molecule has 43 heavy (non-hydrogen) atoms. The van der Waals surface area contributed by atoms with Crippen LogP contribution < -0.4 is 0 Å². The summed E-state index contributed by atoms with van der Waals surface area (Å²) in [5.74, 6) is -0.932. The average molecular weight is 607 g/mol. The summed E-state index contributed by atoms with van der Waals surface area (Å²) in [6.07, 6.45) is 2.08. The molecule has 7 rings (SSSR count). The lowest BCUT2D eigenvalue weighted by Crippen LogP contribution is -2.52. The first kappa shape index (κ1) is 27.8. The minimum Gasteiger partial charge on any atom is -0.379 e. The SMILES string of the molecule is O=C1N(CCN2CCOCC2)C(=O)C23CN(S(=O)(=O)c4ccccc4[N+](=O)[O-])C[C@@H]2C[C@@H](c2cnc4ccccc4c2)N13. The molecular formula is C29H30N6O7S. The summed E-state index contributed by atoms with van der Waals surface area (Å²) in [6.45, 7) is 2.88. The molecule has 0 saturated carbocycles. The van der Waals surface area contributed by atoms with E-state index in [1.54, 1.807) is 11.1 Å². The van der Waals surface area contributed by atoms with Gasteiger partial charge < -0.3 is 9.64 Å². The van der Waals surface area contributed by atoms with Crippen LogP contribution in [-0.4, -0.2) is 107 Å². The highest BCUT2D eigenvalue weighted by atomic mass is 32.2. The van der Waals surface area contributed by atoms with Crippen molar-refractivity contribution >= 4 is 38.6 Å². The molecule has 0 bridgehead atoms. The predicted octanol–water partition coefficient (Wildman–Crippen LogP) is 2.24. The molecule has 4 aliphatic rings. The minimum absolute atomic E-state index is 0.0429. The summed E-state index contributed by atoms with van der Waals surface area (Å²) >= 11 is 0. The molecule has 3 aromatic rings. The number of imide groups is 1. The maximum Gasteiger partial charge on any atom is 0.328 e. The van der Waals surface area contributed by atoms with E-state index in [1.165, 1.54) is 23.1 Å². The number of rotatable bonds is 7. The maximum atomic E-state index is 14.3. The van der Waals surface area contributed by atoms with E-state index in [1.807, 2.05) is 30.3 Å². The molecule has 4 aliphatic heterocycles. The lowest BCUT2D eigenvalue weighted by molar-refractivity contribution is -0.387. The second kappa shape index (κ2) is 10.3. The molecule has 0 N–H and O–H groups in total. The standard InChI is InChI=1S/C29H30N6O7S/c36-27-29-19-32(43(40,41)26-8-4-3-7-24(26)35(38)39)18-22(29)16-25(21-15-20-5-1-2-6-23(20)30-17-21)34(29)28(37)33(27)10-9-31-11-13-42-14-12-31/h1-8,15,17,22,25H,9-14,16,18-19H2/t22-,25-,29?/m0/s1. The Balaban J connectivity index is 1.26. The molecule has 1 unspecified atom stereocenters. The van der Waals surface area contributed by atoms with Gasteiger partial charge in [-0.25, -0.2) is 13.2 Å². The zero-order valence-electron chi connectivity index (χ0n) is 23.2. The third-order valence-corrected chi connectivity index (χ3v) is 11.1. The van der Waals surface area contributed by atoms with Crippen LogP contribution >= 0.6 is 0 Å². The van der Waals surface area contributed by atoms with Crippen LogP contribution in [0.4, 0.5) is 10.5 Å². The van der Waals surface area contributed by atoms with Crippen LogP contribution in [0.5, 0.6) is 0 Å². The molecule has 2 aromatic carbocycles. The lowest BCUT2D eigenvalue weighted by Gasteiger charge is -2.31. The van der Waals surface area contributed by atoms with E-state index in [0.29, 0.717) is 39.3 Å². The number of carbonyl (C=O) groups is 2. The van der Waals surface area contributed by atoms with E-state index in [9.17, 15) is 28.1 Å². The highest BCUT2D eigenvalue weighted by molar-refractivity contribution is 7.89.